The largest absolute Gasteiger partial charge is 0.550 e. The van der Waals surface area contributed by atoms with Crippen molar-refractivity contribution in [3.8, 4) is 0 Å². The van der Waals surface area contributed by atoms with Crippen molar-refractivity contribution < 1.29 is 15.0 Å². The van der Waals surface area contributed by atoms with Gasteiger partial charge in [-0.1, -0.05) is 103 Å². The molecule has 0 heterocycles. The summed E-state index contributed by atoms with van der Waals surface area (Å²) in [4.78, 5) is 10.3. The molecule has 0 amide bonds. The summed E-state index contributed by atoms with van der Waals surface area (Å²) in [5.74, 6) is -1.15. The molecule has 0 fully saturated rings. The van der Waals surface area contributed by atoms with E-state index in [-0.39, 0.29) is 6.42 Å². The van der Waals surface area contributed by atoms with Gasteiger partial charge in [0.05, 0.1) is 6.10 Å². The Bertz CT molecular complexity index is 253. The molecule has 0 spiro atoms. The number of carboxylic acid groups (broad SMARTS) is 1. The molecule has 0 aliphatic carbocycles. The predicted octanol–water partition coefficient (Wildman–Crippen LogP) is 4.75. The van der Waals surface area contributed by atoms with Crippen molar-refractivity contribution in [3.63, 3.8) is 0 Å². The van der Waals surface area contributed by atoms with Crippen LogP contribution < -0.4 is 5.11 Å². The molecule has 138 valence electrons. The van der Waals surface area contributed by atoms with E-state index in [0.717, 1.165) is 12.8 Å². The van der Waals surface area contributed by atoms with Crippen molar-refractivity contribution in [1.82, 2.24) is 0 Å². The van der Waals surface area contributed by atoms with Crippen LogP contribution in [-0.4, -0.2) is 17.2 Å². The third-order valence-corrected chi connectivity index (χ3v) is 4.54. The maximum Gasteiger partial charge on any atom is 0.0592 e. The fraction of sp³-hybridized carbons (Fsp3) is 0.950. The third kappa shape index (κ3) is 19.4. The van der Waals surface area contributed by atoms with Gasteiger partial charge in [0, 0.05) is 12.4 Å². The highest BCUT2D eigenvalue weighted by Crippen LogP contribution is 2.14. The zero-order valence-corrected chi connectivity index (χ0v) is 15.4. The molecule has 0 radical (unpaired) electrons. The minimum atomic E-state index is -1.15. The Kier molecular flexibility index (Phi) is 17.3. The monoisotopic (exact) mass is 327 g/mol. The van der Waals surface area contributed by atoms with E-state index in [4.69, 9.17) is 0 Å². The van der Waals surface area contributed by atoms with Gasteiger partial charge in [-0.25, -0.2) is 0 Å². The summed E-state index contributed by atoms with van der Waals surface area (Å²) in [6.45, 7) is 2.26. The van der Waals surface area contributed by atoms with E-state index in [1.54, 1.807) is 0 Å². The molecule has 3 heteroatoms. The van der Waals surface area contributed by atoms with E-state index in [0.29, 0.717) is 6.42 Å². The third-order valence-electron chi connectivity index (χ3n) is 4.54. The number of hydrogen-bond acceptors (Lipinski definition) is 3. The van der Waals surface area contributed by atoms with Gasteiger partial charge in [0.25, 0.3) is 0 Å². The first-order valence-corrected chi connectivity index (χ1v) is 10.0. The van der Waals surface area contributed by atoms with Gasteiger partial charge < -0.3 is 15.0 Å². The van der Waals surface area contributed by atoms with Crippen molar-refractivity contribution in [2.75, 3.05) is 0 Å². The van der Waals surface area contributed by atoms with Gasteiger partial charge in [0.2, 0.25) is 0 Å². The van der Waals surface area contributed by atoms with E-state index in [1.165, 1.54) is 83.5 Å². The molecule has 0 bridgehead atoms. The Balaban J connectivity index is 3.06. The Morgan fingerprint density at radius 3 is 1.43 bits per heavy atom. The van der Waals surface area contributed by atoms with Crippen molar-refractivity contribution in [1.29, 1.82) is 0 Å². The number of rotatable bonds is 18. The lowest BCUT2D eigenvalue weighted by Crippen LogP contribution is -2.27. The van der Waals surface area contributed by atoms with Crippen molar-refractivity contribution in [2.45, 2.75) is 122 Å². The quantitative estimate of drug-likeness (QED) is 0.370. The fourth-order valence-corrected chi connectivity index (χ4v) is 3.05. The van der Waals surface area contributed by atoms with Crippen LogP contribution in [0.1, 0.15) is 116 Å². The van der Waals surface area contributed by atoms with Crippen LogP contribution in [0.15, 0.2) is 0 Å². The average molecular weight is 328 g/mol. The number of aliphatic hydroxyl groups excluding tert-OH is 1. The van der Waals surface area contributed by atoms with E-state index in [1.807, 2.05) is 0 Å². The summed E-state index contributed by atoms with van der Waals surface area (Å²) in [6.07, 6.45) is 19.4. The number of unbranched alkanes of at least 4 members (excludes halogenated alkanes) is 14. The second kappa shape index (κ2) is 17.8. The number of hydrogen-bond donors (Lipinski definition) is 1. The maximum absolute atomic E-state index is 10.3. The summed E-state index contributed by atoms with van der Waals surface area (Å²) in [6, 6.07) is 0. The Morgan fingerprint density at radius 2 is 1.09 bits per heavy atom. The molecule has 0 aromatic heterocycles. The smallest absolute Gasteiger partial charge is 0.0592 e. The number of aliphatic hydroxyl groups is 1. The molecular formula is C20H39O3-. The van der Waals surface area contributed by atoms with Crippen LogP contribution in [0.3, 0.4) is 0 Å². The lowest BCUT2D eigenvalue weighted by Gasteiger charge is -2.10. The van der Waals surface area contributed by atoms with Gasteiger partial charge in [-0.05, 0) is 6.42 Å². The number of carboxylic acids is 1. The molecular weight excluding hydrogens is 288 g/mol. The van der Waals surface area contributed by atoms with E-state index < -0.39 is 12.1 Å². The molecule has 1 N–H and O–H groups in total. The van der Waals surface area contributed by atoms with Crippen LogP contribution in [0.4, 0.5) is 0 Å². The molecule has 0 aromatic rings. The van der Waals surface area contributed by atoms with E-state index >= 15 is 0 Å². The summed E-state index contributed by atoms with van der Waals surface area (Å²) in [7, 11) is 0. The minimum absolute atomic E-state index is 0.224. The maximum atomic E-state index is 10.3. The van der Waals surface area contributed by atoms with Gasteiger partial charge in [-0.2, -0.15) is 0 Å². The van der Waals surface area contributed by atoms with E-state index in [9.17, 15) is 15.0 Å². The lowest BCUT2D eigenvalue weighted by molar-refractivity contribution is -0.307. The number of aliphatic carboxylic acids is 1. The van der Waals surface area contributed by atoms with Crippen LogP contribution in [0.2, 0.25) is 0 Å². The number of carbonyl (C=O) groups excluding carboxylic acids is 1. The fourth-order valence-electron chi connectivity index (χ4n) is 3.05. The normalized spacial score (nSPS) is 12.4. The highest BCUT2D eigenvalue weighted by Gasteiger charge is 2.03. The molecule has 0 aliphatic heterocycles. The van der Waals surface area contributed by atoms with Crippen molar-refractivity contribution in [2.24, 2.45) is 0 Å². The SMILES string of the molecule is CCCCCCCCCCCCCCCCCC(O)CC(=O)[O-]. The van der Waals surface area contributed by atoms with Gasteiger partial charge in [-0.3, -0.25) is 0 Å². The summed E-state index contributed by atoms with van der Waals surface area (Å²) >= 11 is 0. The average Bonchev–Trinajstić information content (AvgIpc) is 2.50. The highest BCUT2D eigenvalue weighted by atomic mass is 16.4. The minimum Gasteiger partial charge on any atom is -0.550 e. The molecule has 1 unspecified atom stereocenters. The zero-order chi connectivity index (χ0) is 17.2. The molecule has 0 saturated carbocycles. The highest BCUT2D eigenvalue weighted by molar-refractivity contribution is 5.64. The summed E-state index contributed by atoms with van der Waals surface area (Å²) < 4.78 is 0. The Labute approximate surface area is 143 Å². The summed E-state index contributed by atoms with van der Waals surface area (Å²) in [5, 5.41) is 19.7. The zero-order valence-electron chi connectivity index (χ0n) is 15.4. The molecule has 0 saturated heterocycles. The van der Waals surface area contributed by atoms with Crippen LogP contribution in [0.5, 0.6) is 0 Å². The van der Waals surface area contributed by atoms with Gasteiger partial charge >= 0.3 is 0 Å². The molecule has 0 aromatic carbocycles. The van der Waals surface area contributed by atoms with Crippen LogP contribution in [0.25, 0.3) is 0 Å². The summed E-state index contributed by atoms with van der Waals surface area (Å²) in [5.41, 5.74) is 0. The first-order valence-electron chi connectivity index (χ1n) is 10.0. The molecule has 3 nitrogen and oxygen atoms in total. The first-order chi connectivity index (χ1) is 11.2. The van der Waals surface area contributed by atoms with Crippen LogP contribution in [-0.2, 0) is 4.79 Å². The molecule has 0 aliphatic rings. The second-order valence-corrected chi connectivity index (χ2v) is 6.97. The lowest BCUT2D eigenvalue weighted by atomic mass is 10.0. The topological polar surface area (TPSA) is 60.4 Å². The number of carbonyl (C=O) groups is 1. The van der Waals surface area contributed by atoms with Gasteiger partial charge in [0.15, 0.2) is 0 Å². The molecule has 23 heavy (non-hydrogen) atoms. The second-order valence-electron chi connectivity index (χ2n) is 6.97. The van der Waals surface area contributed by atoms with Crippen LogP contribution >= 0.6 is 0 Å². The first kappa shape index (κ1) is 22.4. The Hall–Kier alpha value is -0.570. The van der Waals surface area contributed by atoms with Gasteiger partial charge in [0.1, 0.15) is 0 Å². The van der Waals surface area contributed by atoms with Crippen molar-refractivity contribution in [3.05, 3.63) is 0 Å². The predicted molar refractivity (Wildman–Crippen MR) is 95.2 cm³/mol. The van der Waals surface area contributed by atoms with Gasteiger partial charge in [-0.15, -0.1) is 0 Å². The van der Waals surface area contributed by atoms with E-state index in [2.05, 4.69) is 6.92 Å². The standard InChI is InChI=1S/C20H40O3/c1-2-3-4-5-6-7-8-9-10-11-12-13-14-15-16-17-19(21)18-20(22)23/h19,21H,2-18H2,1H3,(H,22,23)/p-1. The Morgan fingerprint density at radius 1 is 0.739 bits per heavy atom. The molecule has 1 atom stereocenters. The van der Waals surface area contributed by atoms with Crippen molar-refractivity contribution >= 4 is 5.97 Å². The van der Waals surface area contributed by atoms with Crippen LogP contribution in [0, 0.1) is 0 Å². The molecule has 0 rings (SSSR count).